The maximum absolute atomic E-state index is 13.3. The second kappa shape index (κ2) is 6.30. The Kier molecular flexibility index (Phi) is 3.76. The number of amides is 1. The summed E-state index contributed by atoms with van der Waals surface area (Å²) in [6.45, 7) is 3.84. The largest absolute Gasteiger partial charge is 0.351 e. The van der Waals surface area contributed by atoms with E-state index >= 15 is 0 Å². The van der Waals surface area contributed by atoms with Crippen LogP contribution in [0, 0.1) is 5.41 Å². The van der Waals surface area contributed by atoms with Gasteiger partial charge >= 0.3 is 0 Å². The number of hydrogen-bond acceptors (Lipinski definition) is 5. The van der Waals surface area contributed by atoms with Crippen LogP contribution in [0.2, 0.25) is 0 Å². The Morgan fingerprint density at radius 2 is 1.87 bits per heavy atom. The Morgan fingerprint density at radius 1 is 1.10 bits per heavy atom. The SMILES string of the molecule is Cn1cc(-c2cc3c(N4CC5CCC(C4)N5C(=O)C4(C)CCC4)ncnn3c2)cn1. The predicted octanol–water partition coefficient (Wildman–Crippen LogP) is 2.50. The summed E-state index contributed by atoms with van der Waals surface area (Å²) in [5.74, 6) is 1.34. The number of aryl methyl sites for hydroxylation is 1. The van der Waals surface area contributed by atoms with Crippen molar-refractivity contribution < 1.29 is 4.79 Å². The normalized spacial score (nSPS) is 25.0. The molecule has 5 heterocycles. The van der Waals surface area contributed by atoms with Crippen molar-refractivity contribution in [3.8, 4) is 11.1 Å². The fourth-order valence-electron chi connectivity index (χ4n) is 5.53. The van der Waals surface area contributed by atoms with Crippen LogP contribution in [0.4, 0.5) is 5.82 Å². The van der Waals surface area contributed by atoms with Gasteiger partial charge in [-0.05, 0) is 31.7 Å². The van der Waals surface area contributed by atoms with Gasteiger partial charge < -0.3 is 9.80 Å². The molecule has 1 amide bonds. The smallest absolute Gasteiger partial charge is 0.229 e. The molecule has 2 saturated heterocycles. The van der Waals surface area contributed by atoms with E-state index in [0.29, 0.717) is 5.91 Å². The zero-order valence-corrected chi connectivity index (χ0v) is 17.5. The summed E-state index contributed by atoms with van der Waals surface area (Å²) >= 11 is 0. The van der Waals surface area contributed by atoms with Crippen molar-refractivity contribution in [3.05, 3.63) is 31.0 Å². The summed E-state index contributed by atoms with van der Waals surface area (Å²) < 4.78 is 3.71. The Morgan fingerprint density at radius 3 is 2.50 bits per heavy atom. The van der Waals surface area contributed by atoms with E-state index in [1.807, 2.05) is 30.2 Å². The Balaban J connectivity index is 1.30. The first-order valence-electron chi connectivity index (χ1n) is 10.9. The Hall–Kier alpha value is -2.90. The van der Waals surface area contributed by atoms with Gasteiger partial charge in [-0.1, -0.05) is 13.3 Å². The molecule has 3 aliphatic rings. The van der Waals surface area contributed by atoms with Gasteiger partial charge in [0.1, 0.15) is 11.8 Å². The highest BCUT2D eigenvalue weighted by Crippen LogP contribution is 2.45. The lowest BCUT2D eigenvalue weighted by Gasteiger charge is -2.47. The van der Waals surface area contributed by atoms with E-state index in [-0.39, 0.29) is 17.5 Å². The molecular formula is C22H27N7O. The predicted molar refractivity (Wildman–Crippen MR) is 113 cm³/mol. The molecule has 2 aliphatic heterocycles. The molecule has 0 spiro atoms. The molecule has 0 aromatic carbocycles. The number of carbonyl (C=O) groups excluding carboxylic acids is 1. The fourth-order valence-corrected chi connectivity index (χ4v) is 5.53. The van der Waals surface area contributed by atoms with E-state index in [1.165, 1.54) is 6.42 Å². The summed E-state index contributed by atoms with van der Waals surface area (Å²) in [7, 11) is 1.92. The minimum Gasteiger partial charge on any atom is -0.351 e. The van der Waals surface area contributed by atoms with Crippen LogP contribution in [-0.2, 0) is 11.8 Å². The highest BCUT2D eigenvalue weighted by atomic mass is 16.2. The lowest BCUT2D eigenvalue weighted by molar-refractivity contribution is -0.149. The summed E-state index contributed by atoms with van der Waals surface area (Å²) in [5, 5.41) is 8.71. The average molecular weight is 406 g/mol. The molecule has 3 aromatic rings. The van der Waals surface area contributed by atoms with Crippen molar-refractivity contribution >= 4 is 17.2 Å². The van der Waals surface area contributed by atoms with Gasteiger partial charge in [0, 0.05) is 61.2 Å². The molecule has 3 fully saturated rings. The third kappa shape index (κ3) is 2.58. The van der Waals surface area contributed by atoms with E-state index in [4.69, 9.17) is 0 Å². The molecule has 1 aliphatic carbocycles. The maximum Gasteiger partial charge on any atom is 0.229 e. The van der Waals surface area contributed by atoms with Crippen LogP contribution in [0.25, 0.3) is 16.6 Å². The van der Waals surface area contributed by atoms with Crippen molar-refractivity contribution in [2.24, 2.45) is 12.5 Å². The van der Waals surface area contributed by atoms with Gasteiger partial charge in [-0.25, -0.2) is 9.50 Å². The Labute approximate surface area is 175 Å². The van der Waals surface area contributed by atoms with Crippen LogP contribution >= 0.6 is 0 Å². The molecule has 1 saturated carbocycles. The molecular weight excluding hydrogens is 378 g/mol. The maximum atomic E-state index is 13.3. The molecule has 2 bridgehead atoms. The van der Waals surface area contributed by atoms with Crippen LogP contribution in [-0.4, -0.2) is 60.4 Å². The van der Waals surface area contributed by atoms with Crippen molar-refractivity contribution in [1.82, 2.24) is 29.3 Å². The molecule has 8 heteroatoms. The summed E-state index contributed by atoms with van der Waals surface area (Å²) in [6, 6.07) is 2.72. The number of fused-ring (bicyclic) bond motifs is 3. The number of piperazine rings is 1. The number of aromatic nitrogens is 5. The third-order valence-electron chi connectivity index (χ3n) is 7.41. The van der Waals surface area contributed by atoms with Crippen LogP contribution in [0.3, 0.4) is 0 Å². The molecule has 30 heavy (non-hydrogen) atoms. The monoisotopic (exact) mass is 405 g/mol. The van der Waals surface area contributed by atoms with Gasteiger partial charge in [-0.15, -0.1) is 0 Å². The van der Waals surface area contributed by atoms with E-state index < -0.39 is 0 Å². The van der Waals surface area contributed by atoms with Crippen LogP contribution in [0.15, 0.2) is 31.0 Å². The quantitative estimate of drug-likeness (QED) is 0.670. The van der Waals surface area contributed by atoms with Crippen molar-refractivity contribution in [2.75, 3.05) is 18.0 Å². The first-order valence-corrected chi connectivity index (χ1v) is 10.9. The number of hydrogen-bond donors (Lipinski definition) is 0. The van der Waals surface area contributed by atoms with Gasteiger partial charge in [0.15, 0.2) is 5.82 Å². The van der Waals surface area contributed by atoms with Gasteiger partial charge in [-0.2, -0.15) is 10.2 Å². The minimum atomic E-state index is -0.120. The number of carbonyl (C=O) groups is 1. The molecule has 0 radical (unpaired) electrons. The second-order valence-electron chi connectivity index (χ2n) is 9.46. The number of rotatable bonds is 3. The lowest BCUT2D eigenvalue weighted by atomic mass is 9.69. The minimum absolute atomic E-state index is 0.120. The molecule has 156 valence electrons. The van der Waals surface area contributed by atoms with Crippen molar-refractivity contribution in [1.29, 1.82) is 0 Å². The molecule has 6 rings (SSSR count). The molecule has 8 nitrogen and oxygen atoms in total. The van der Waals surface area contributed by atoms with Gasteiger partial charge in [-0.3, -0.25) is 9.48 Å². The summed E-state index contributed by atoms with van der Waals surface area (Å²) in [5.41, 5.74) is 3.03. The lowest BCUT2D eigenvalue weighted by Crippen LogP contribution is -2.60. The fraction of sp³-hybridized carbons (Fsp3) is 0.545. The average Bonchev–Trinajstić information content (AvgIpc) is 3.40. The van der Waals surface area contributed by atoms with E-state index in [0.717, 1.165) is 61.2 Å². The molecule has 2 atom stereocenters. The van der Waals surface area contributed by atoms with Gasteiger partial charge in [0.05, 0.1) is 6.20 Å². The highest BCUT2D eigenvalue weighted by Gasteiger charge is 2.50. The van der Waals surface area contributed by atoms with Gasteiger partial charge in [0.25, 0.3) is 0 Å². The zero-order valence-electron chi connectivity index (χ0n) is 17.5. The first-order chi connectivity index (χ1) is 14.5. The van der Waals surface area contributed by atoms with Crippen molar-refractivity contribution in [2.45, 2.75) is 51.1 Å². The molecule has 0 N–H and O–H groups in total. The van der Waals surface area contributed by atoms with Gasteiger partial charge in [0.2, 0.25) is 5.91 Å². The topological polar surface area (TPSA) is 71.6 Å². The molecule has 2 unspecified atom stereocenters. The zero-order chi connectivity index (χ0) is 20.5. The van der Waals surface area contributed by atoms with Crippen LogP contribution in [0.1, 0.15) is 39.0 Å². The van der Waals surface area contributed by atoms with Crippen molar-refractivity contribution in [3.63, 3.8) is 0 Å². The highest BCUT2D eigenvalue weighted by molar-refractivity contribution is 5.85. The standard InChI is InChI=1S/C22H27N7O/c1-22(6-3-7-22)21(30)29-17-4-5-18(29)13-27(12-17)20-19-8-15(11-28(19)25-14-23-20)16-9-24-26(2)10-16/h8-11,14,17-18H,3-7,12-13H2,1-2H3. The van der Waals surface area contributed by atoms with E-state index in [9.17, 15) is 4.79 Å². The summed E-state index contributed by atoms with van der Waals surface area (Å²) in [6.07, 6.45) is 13.0. The Bertz CT molecular complexity index is 1110. The number of nitrogens with zero attached hydrogens (tertiary/aromatic N) is 7. The third-order valence-corrected chi connectivity index (χ3v) is 7.41. The number of anilines is 1. The summed E-state index contributed by atoms with van der Waals surface area (Å²) in [4.78, 5) is 22.5. The van der Waals surface area contributed by atoms with Crippen LogP contribution < -0.4 is 4.90 Å². The van der Waals surface area contributed by atoms with Crippen LogP contribution in [0.5, 0.6) is 0 Å². The molecule has 3 aromatic heterocycles. The van der Waals surface area contributed by atoms with E-state index in [1.54, 1.807) is 11.0 Å². The second-order valence-corrected chi connectivity index (χ2v) is 9.46. The first kappa shape index (κ1) is 17.9. The van der Waals surface area contributed by atoms with E-state index in [2.05, 4.69) is 38.0 Å².